The Labute approximate surface area is 116 Å². The maximum Gasteiger partial charge on any atom is 0.332 e. The van der Waals surface area contributed by atoms with Crippen molar-refractivity contribution in [2.75, 3.05) is 0 Å². The zero-order valence-corrected chi connectivity index (χ0v) is 11.4. The predicted molar refractivity (Wildman–Crippen MR) is 73.4 cm³/mol. The van der Waals surface area contributed by atoms with Crippen LogP contribution in [-0.4, -0.2) is 22.2 Å². The molecule has 0 aliphatic heterocycles. The summed E-state index contributed by atoms with van der Waals surface area (Å²) in [6, 6.07) is 7.67. The van der Waals surface area contributed by atoms with E-state index in [1.807, 2.05) is 31.2 Å². The van der Waals surface area contributed by atoms with Crippen LogP contribution in [-0.2, 0) is 16.1 Å². The van der Waals surface area contributed by atoms with Crippen LogP contribution in [0.15, 0.2) is 24.3 Å². The second-order valence-corrected chi connectivity index (χ2v) is 4.68. The van der Waals surface area contributed by atoms with Crippen molar-refractivity contribution in [1.82, 2.24) is 4.98 Å². The Balaban J connectivity index is 2.33. The highest BCUT2D eigenvalue weighted by molar-refractivity contribution is 6.32. The number of ether oxygens (including phenoxy) is 1. The molecule has 0 fully saturated rings. The molecule has 1 heterocycles. The van der Waals surface area contributed by atoms with Gasteiger partial charge in [0.15, 0.2) is 6.10 Å². The first kappa shape index (κ1) is 13.8. The minimum absolute atomic E-state index is 0.0813. The summed E-state index contributed by atoms with van der Waals surface area (Å²) in [5, 5.41) is 10.3. The van der Waals surface area contributed by atoms with E-state index in [1.165, 1.54) is 6.92 Å². The molecule has 1 aromatic carbocycles. The number of para-hydroxylation sites is 1. The topological polar surface area (TPSA) is 59.4 Å². The second-order valence-electron chi connectivity index (χ2n) is 4.31. The van der Waals surface area contributed by atoms with Crippen LogP contribution in [0.25, 0.3) is 10.9 Å². The van der Waals surface area contributed by atoms with Gasteiger partial charge in [0.2, 0.25) is 0 Å². The van der Waals surface area contributed by atoms with Crippen molar-refractivity contribution in [2.24, 2.45) is 0 Å². The molecule has 1 atom stereocenters. The van der Waals surface area contributed by atoms with Crippen molar-refractivity contribution >= 4 is 28.5 Å². The van der Waals surface area contributed by atoms with Crippen molar-refractivity contribution in [3.8, 4) is 0 Å². The van der Waals surface area contributed by atoms with Gasteiger partial charge < -0.3 is 9.84 Å². The van der Waals surface area contributed by atoms with Gasteiger partial charge in [0, 0.05) is 5.39 Å². The first-order valence-corrected chi connectivity index (χ1v) is 6.26. The summed E-state index contributed by atoms with van der Waals surface area (Å²) in [7, 11) is 0. The van der Waals surface area contributed by atoms with E-state index in [1.54, 1.807) is 0 Å². The quantitative estimate of drug-likeness (QED) is 0.934. The summed E-state index contributed by atoms with van der Waals surface area (Å²) in [5.41, 5.74) is 2.31. The zero-order chi connectivity index (χ0) is 14.0. The van der Waals surface area contributed by atoms with Crippen LogP contribution in [0.5, 0.6) is 0 Å². The molecule has 2 aromatic rings. The van der Waals surface area contributed by atoms with Crippen LogP contribution in [0.3, 0.4) is 0 Å². The van der Waals surface area contributed by atoms with Gasteiger partial charge in [-0.2, -0.15) is 0 Å². The van der Waals surface area contributed by atoms with Crippen LogP contribution in [0.1, 0.15) is 18.2 Å². The highest BCUT2D eigenvalue weighted by Crippen LogP contribution is 2.27. The number of hydrogen-bond acceptors (Lipinski definition) is 3. The largest absolute Gasteiger partial charge is 0.479 e. The molecular formula is C14H14ClNO3. The third-order valence-corrected chi connectivity index (χ3v) is 3.47. The molecule has 0 saturated heterocycles. The number of aromatic nitrogens is 1. The Kier molecular flexibility index (Phi) is 4.02. The van der Waals surface area contributed by atoms with E-state index in [0.29, 0.717) is 10.7 Å². The first-order chi connectivity index (χ1) is 9.00. The van der Waals surface area contributed by atoms with Gasteiger partial charge >= 0.3 is 5.97 Å². The van der Waals surface area contributed by atoms with Crippen LogP contribution in [0, 0.1) is 6.92 Å². The number of rotatable bonds is 4. The number of carbonyl (C=O) groups is 1. The van der Waals surface area contributed by atoms with Crippen LogP contribution >= 0.6 is 11.6 Å². The smallest absolute Gasteiger partial charge is 0.332 e. The number of fused-ring (bicyclic) bond motifs is 1. The Bertz CT molecular complexity index is 627. The Morgan fingerprint density at radius 3 is 2.84 bits per heavy atom. The predicted octanol–water partition coefficient (Wildman–Crippen LogP) is 3.19. The van der Waals surface area contributed by atoms with Crippen LogP contribution < -0.4 is 0 Å². The van der Waals surface area contributed by atoms with Gasteiger partial charge in [-0.25, -0.2) is 9.78 Å². The summed E-state index contributed by atoms with van der Waals surface area (Å²) in [6.45, 7) is 3.47. The summed E-state index contributed by atoms with van der Waals surface area (Å²) < 4.78 is 5.23. The fourth-order valence-corrected chi connectivity index (χ4v) is 1.99. The lowest BCUT2D eigenvalue weighted by Crippen LogP contribution is -2.20. The number of hydrogen-bond donors (Lipinski definition) is 1. The fourth-order valence-electron chi connectivity index (χ4n) is 1.79. The Hall–Kier alpha value is -1.65. The van der Waals surface area contributed by atoms with Crippen LogP contribution in [0.2, 0.25) is 5.02 Å². The third kappa shape index (κ3) is 2.85. The number of nitrogens with zero attached hydrogens (tertiary/aromatic N) is 1. The van der Waals surface area contributed by atoms with Crippen molar-refractivity contribution < 1.29 is 14.6 Å². The molecule has 1 N–H and O–H groups in total. The molecule has 0 aliphatic rings. The molecule has 0 aliphatic carbocycles. The van der Waals surface area contributed by atoms with E-state index in [-0.39, 0.29) is 6.61 Å². The molecule has 1 aromatic heterocycles. The van der Waals surface area contributed by atoms with Crippen molar-refractivity contribution in [2.45, 2.75) is 26.6 Å². The minimum Gasteiger partial charge on any atom is -0.479 e. The van der Waals surface area contributed by atoms with E-state index in [4.69, 9.17) is 21.4 Å². The van der Waals surface area contributed by atoms with E-state index >= 15 is 0 Å². The van der Waals surface area contributed by atoms with Gasteiger partial charge in [0.05, 0.1) is 22.8 Å². The van der Waals surface area contributed by atoms with Gasteiger partial charge in [-0.05, 0) is 25.5 Å². The number of carboxylic acids is 1. The molecule has 0 saturated carbocycles. The molecule has 4 nitrogen and oxygen atoms in total. The minimum atomic E-state index is -1.01. The van der Waals surface area contributed by atoms with E-state index in [0.717, 1.165) is 16.5 Å². The number of benzene rings is 1. The average molecular weight is 280 g/mol. The number of aliphatic carboxylic acids is 1. The number of halogens is 1. The highest BCUT2D eigenvalue weighted by Gasteiger charge is 2.15. The maximum atomic E-state index is 10.7. The van der Waals surface area contributed by atoms with Gasteiger partial charge in [-0.1, -0.05) is 29.8 Å². The Morgan fingerprint density at radius 2 is 2.16 bits per heavy atom. The van der Waals surface area contributed by atoms with Gasteiger partial charge in [0.25, 0.3) is 0 Å². The monoisotopic (exact) mass is 279 g/mol. The summed E-state index contributed by atoms with van der Waals surface area (Å²) >= 11 is 6.25. The maximum absolute atomic E-state index is 10.7. The van der Waals surface area contributed by atoms with E-state index in [2.05, 4.69) is 4.98 Å². The number of aryl methyl sites for hydroxylation is 1. The molecule has 5 heteroatoms. The highest BCUT2D eigenvalue weighted by atomic mass is 35.5. The molecule has 100 valence electrons. The van der Waals surface area contributed by atoms with Crippen molar-refractivity contribution in [1.29, 1.82) is 0 Å². The van der Waals surface area contributed by atoms with E-state index in [9.17, 15) is 4.79 Å². The number of pyridine rings is 1. The summed E-state index contributed by atoms with van der Waals surface area (Å²) in [6.07, 6.45) is -0.885. The third-order valence-electron chi connectivity index (χ3n) is 2.96. The molecule has 0 bridgehead atoms. The molecular weight excluding hydrogens is 266 g/mol. The fraction of sp³-hybridized carbons (Fsp3) is 0.286. The summed E-state index contributed by atoms with van der Waals surface area (Å²) in [4.78, 5) is 15.1. The van der Waals surface area contributed by atoms with Gasteiger partial charge in [-0.3, -0.25) is 0 Å². The first-order valence-electron chi connectivity index (χ1n) is 5.89. The van der Waals surface area contributed by atoms with Crippen molar-refractivity contribution in [3.05, 3.63) is 40.5 Å². The lowest BCUT2D eigenvalue weighted by atomic mass is 10.1. The summed E-state index contributed by atoms with van der Waals surface area (Å²) in [5.74, 6) is -1.01. The molecule has 2 rings (SSSR count). The lowest BCUT2D eigenvalue weighted by Gasteiger charge is -2.12. The standard InChI is InChI=1S/C14H14ClNO3/c1-8-10-5-3-4-6-11(10)16-12(13(8)15)7-19-9(2)14(17)18/h3-6,9H,7H2,1-2H3,(H,17,18)/t9-/m1/s1. The Morgan fingerprint density at radius 1 is 1.47 bits per heavy atom. The van der Waals surface area contributed by atoms with Gasteiger partial charge in [0.1, 0.15) is 0 Å². The molecule has 0 radical (unpaired) electrons. The average Bonchev–Trinajstić information content (AvgIpc) is 2.40. The second kappa shape index (κ2) is 5.55. The van der Waals surface area contributed by atoms with Crippen molar-refractivity contribution in [3.63, 3.8) is 0 Å². The van der Waals surface area contributed by atoms with Crippen LogP contribution in [0.4, 0.5) is 0 Å². The number of carboxylic acid groups (broad SMARTS) is 1. The van der Waals surface area contributed by atoms with Gasteiger partial charge in [-0.15, -0.1) is 0 Å². The molecule has 0 spiro atoms. The SMILES string of the molecule is Cc1c(Cl)c(CO[C@H](C)C(=O)O)nc2ccccc12. The zero-order valence-electron chi connectivity index (χ0n) is 10.7. The molecule has 0 amide bonds. The lowest BCUT2D eigenvalue weighted by molar-refractivity contribution is -0.149. The molecule has 19 heavy (non-hydrogen) atoms. The molecule has 0 unspecified atom stereocenters. The normalized spacial score (nSPS) is 12.6. The van der Waals surface area contributed by atoms with E-state index < -0.39 is 12.1 Å².